The van der Waals surface area contributed by atoms with Gasteiger partial charge in [-0.15, -0.1) is 11.3 Å². The number of halogens is 1. The van der Waals surface area contributed by atoms with Crippen LogP contribution >= 0.6 is 34.7 Å². The number of carbonyl (C=O) groups excluding carboxylic acids is 1. The van der Waals surface area contributed by atoms with Crippen LogP contribution in [0.1, 0.15) is 0 Å². The summed E-state index contributed by atoms with van der Waals surface area (Å²) in [5.41, 5.74) is 1.69. The second-order valence-corrected chi connectivity index (χ2v) is 8.55. The van der Waals surface area contributed by atoms with Crippen LogP contribution in [0.5, 0.6) is 11.5 Å². The molecule has 4 aromatic rings. The summed E-state index contributed by atoms with van der Waals surface area (Å²) in [7, 11) is 0. The molecule has 0 saturated heterocycles. The highest BCUT2D eigenvalue weighted by atomic mass is 35.5. The maximum atomic E-state index is 12.2. The molecule has 4 nitrogen and oxygen atoms in total. The number of amides is 1. The standard InChI is InChI=1S/C21H15ClN2O2S2/c22-14-5-9-16(10-6-14)26-17-11-7-15(8-12-17)23-20(25)13-27-21-24-18-3-1-2-4-19(18)28-21/h1-12H,13H2,(H,23,25). The van der Waals surface area contributed by atoms with Crippen molar-refractivity contribution < 1.29 is 9.53 Å². The molecule has 140 valence electrons. The molecule has 1 aromatic heterocycles. The van der Waals surface area contributed by atoms with Gasteiger partial charge in [0.2, 0.25) is 5.91 Å². The van der Waals surface area contributed by atoms with Crippen LogP contribution in [0.3, 0.4) is 0 Å². The number of aromatic nitrogens is 1. The van der Waals surface area contributed by atoms with Gasteiger partial charge in [0, 0.05) is 10.7 Å². The van der Waals surface area contributed by atoms with Crippen molar-refractivity contribution in [2.45, 2.75) is 4.34 Å². The number of anilines is 1. The highest BCUT2D eigenvalue weighted by Crippen LogP contribution is 2.29. The number of rotatable bonds is 6. The van der Waals surface area contributed by atoms with Crippen molar-refractivity contribution in [1.29, 1.82) is 0 Å². The lowest BCUT2D eigenvalue weighted by molar-refractivity contribution is -0.113. The molecule has 0 spiro atoms. The zero-order chi connectivity index (χ0) is 19.3. The minimum Gasteiger partial charge on any atom is -0.457 e. The number of fused-ring (bicyclic) bond motifs is 1. The Morgan fingerprint density at radius 1 is 1.00 bits per heavy atom. The number of thiazole rings is 1. The van der Waals surface area contributed by atoms with E-state index in [9.17, 15) is 4.79 Å². The molecular weight excluding hydrogens is 412 g/mol. The molecule has 0 aliphatic carbocycles. The summed E-state index contributed by atoms with van der Waals surface area (Å²) in [5, 5.41) is 3.55. The highest BCUT2D eigenvalue weighted by molar-refractivity contribution is 8.01. The number of hydrogen-bond donors (Lipinski definition) is 1. The van der Waals surface area contributed by atoms with E-state index in [0.29, 0.717) is 22.3 Å². The summed E-state index contributed by atoms with van der Waals surface area (Å²) < 4.78 is 7.76. The molecule has 0 bridgehead atoms. The number of ether oxygens (including phenoxy) is 1. The fraction of sp³-hybridized carbons (Fsp3) is 0.0476. The number of nitrogens with zero attached hydrogens (tertiary/aromatic N) is 1. The molecule has 0 aliphatic rings. The summed E-state index contributed by atoms with van der Waals surface area (Å²) in [5.74, 6) is 1.62. The van der Waals surface area contributed by atoms with E-state index in [-0.39, 0.29) is 5.91 Å². The zero-order valence-corrected chi connectivity index (χ0v) is 17.0. The second-order valence-electron chi connectivity index (χ2n) is 5.86. The number of nitrogens with one attached hydrogen (secondary N) is 1. The molecule has 1 amide bonds. The van der Waals surface area contributed by atoms with Gasteiger partial charge in [-0.05, 0) is 60.7 Å². The third kappa shape index (κ3) is 4.84. The summed E-state index contributed by atoms with van der Waals surface area (Å²) in [6.45, 7) is 0. The van der Waals surface area contributed by atoms with Crippen LogP contribution in [-0.2, 0) is 4.79 Å². The number of carbonyl (C=O) groups is 1. The van der Waals surface area contributed by atoms with Gasteiger partial charge >= 0.3 is 0 Å². The Hall–Kier alpha value is -2.54. The summed E-state index contributed by atoms with van der Waals surface area (Å²) in [6.07, 6.45) is 0. The Labute approximate surface area is 175 Å². The van der Waals surface area contributed by atoms with E-state index in [1.807, 2.05) is 48.5 Å². The van der Waals surface area contributed by atoms with E-state index < -0.39 is 0 Å². The third-order valence-corrected chi connectivity index (χ3v) is 6.22. The SMILES string of the molecule is O=C(CSc1nc2ccccc2s1)Nc1ccc(Oc2ccc(Cl)cc2)cc1. The van der Waals surface area contributed by atoms with Crippen molar-refractivity contribution in [3.63, 3.8) is 0 Å². The van der Waals surface area contributed by atoms with Crippen molar-refractivity contribution in [2.24, 2.45) is 0 Å². The predicted molar refractivity (Wildman–Crippen MR) is 117 cm³/mol. The lowest BCUT2D eigenvalue weighted by Crippen LogP contribution is -2.13. The molecule has 1 N–H and O–H groups in total. The van der Waals surface area contributed by atoms with Gasteiger partial charge in [-0.2, -0.15) is 0 Å². The average Bonchev–Trinajstić information content (AvgIpc) is 3.13. The van der Waals surface area contributed by atoms with Crippen molar-refractivity contribution in [1.82, 2.24) is 4.98 Å². The number of benzene rings is 3. The van der Waals surface area contributed by atoms with Crippen LogP contribution in [0, 0.1) is 0 Å². The minimum atomic E-state index is -0.0735. The minimum absolute atomic E-state index is 0.0735. The van der Waals surface area contributed by atoms with Gasteiger partial charge in [0.15, 0.2) is 4.34 Å². The molecule has 28 heavy (non-hydrogen) atoms. The number of para-hydroxylation sites is 1. The van der Waals surface area contributed by atoms with Crippen LogP contribution in [0.4, 0.5) is 5.69 Å². The van der Waals surface area contributed by atoms with Gasteiger partial charge in [-0.3, -0.25) is 4.79 Å². The Kier molecular flexibility index (Phi) is 5.81. The topological polar surface area (TPSA) is 51.2 Å². The Morgan fingerprint density at radius 2 is 1.68 bits per heavy atom. The highest BCUT2D eigenvalue weighted by Gasteiger charge is 2.08. The van der Waals surface area contributed by atoms with E-state index in [1.165, 1.54) is 11.8 Å². The van der Waals surface area contributed by atoms with Crippen LogP contribution < -0.4 is 10.1 Å². The summed E-state index contributed by atoms with van der Waals surface area (Å²) in [6, 6.07) is 22.4. The molecule has 0 radical (unpaired) electrons. The van der Waals surface area contributed by atoms with Crippen molar-refractivity contribution in [3.05, 3.63) is 77.8 Å². The van der Waals surface area contributed by atoms with Crippen molar-refractivity contribution in [3.8, 4) is 11.5 Å². The van der Waals surface area contributed by atoms with Crippen LogP contribution in [0.2, 0.25) is 5.02 Å². The first-order valence-electron chi connectivity index (χ1n) is 8.47. The molecule has 0 aliphatic heterocycles. The quantitative estimate of drug-likeness (QED) is 0.359. The molecule has 0 saturated carbocycles. The van der Waals surface area contributed by atoms with E-state index >= 15 is 0 Å². The molecule has 0 unspecified atom stereocenters. The molecule has 1 heterocycles. The Bertz CT molecular complexity index is 1060. The summed E-state index contributed by atoms with van der Waals surface area (Å²) in [4.78, 5) is 16.7. The molecule has 0 fully saturated rings. The van der Waals surface area contributed by atoms with E-state index in [0.717, 1.165) is 20.2 Å². The number of thioether (sulfide) groups is 1. The maximum Gasteiger partial charge on any atom is 0.234 e. The Morgan fingerprint density at radius 3 is 2.39 bits per heavy atom. The average molecular weight is 427 g/mol. The normalized spacial score (nSPS) is 10.8. The lowest BCUT2D eigenvalue weighted by atomic mass is 10.3. The van der Waals surface area contributed by atoms with Crippen LogP contribution in [0.15, 0.2) is 77.1 Å². The summed E-state index contributed by atoms with van der Waals surface area (Å²) >= 11 is 8.90. The van der Waals surface area contributed by atoms with Gasteiger partial charge in [0.25, 0.3) is 0 Å². The maximum absolute atomic E-state index is 12.2. The first-order chi connectivity index (χ1) is 13.7. The van der Waals surface area contributed by atoms with E-state index in [2.05, 4.69) is 10.3 Å². The first kappa shape index (κ1) is 18.8. The van der Waals surface area contributed by atoms with Crippen LogP contribution in [-0.4, -0.2) is 16.6 Å². The molecule has 0 atom stereocenters. The monoisotopic (exact) mass is 426 g/mol. The molecular formula is C21H15ClN2O2S2. The predicted octanol–water partition coefficient (Wildman–Crippen LogP) is 6.47. The van der Waals surface area contributed by atoms with Gasteiger partial charge in [-0.25, -0.2) is 4.98 Å². The molecule has 7 heteroatoms. The first-order valence-corrected chi connectivity index (χ1v) is 10.7. The smallest absolute Gasteiger partial charge is 0.234 e. The van der Waals surface area contributed by atoms with Crippen LogP contribution in [0.25, 0.3) is 10.2 Å². The Balaban J connectivity index is 1.30. The largest absolute Gasteiger partial charge is 0.457 e. The number of hydrogen-bond acceptors (Lipinski definition) is 5. The van der Waals surface area contributed by atoms with Crippen molar-refractivity contribution >= 4 is 56.5 Å². The van der Waals surface area contributed by atoms with Gasteiger partial charge in [-0.1, -0.05) is 35.5 Å². The van der Waals surface area contributed by atoms with E-state index in [1.54, 1.807) is 35.6 Å². The fourth-order valence-electron chi connectivity index (χ4n) is 2.48. The molecule has 3 aromatic carbocycles. The second kappa shape index (κ2) is 8.65. The molecule has 4 rings (SSSR count). The van der Waals surface area contributed by atoms with Gasteiger partial charge in [0.05, 0.1) is 16.0 Å². The fourth-order valence-corrected chi connectivity index (χ4v) is 4.48. The lowest BCUT2D eigenvalue weighted by Gasteiger charge is -2.08. The van der Waals surface area contributed by atoms with E-state index in [4.69, 9.17) is 16.3 Å². The third-order valence-electron chi connectivity index (χ3n) is 3.79. The zero-order valence-electron chi connectivity index (χ0n) is 14.6. The van der Waals surface area contributed by atoms with Crippen molar-refractivity contribution in [2.75, 3.05) is 11.1 Å². The van der Waals surface area contributed by atoms with Gasteiger partial charge < -0.3 is 10.1 Å². The van der Waals surface area contributed by atoms with Gasteiger partial charge in [0.1, 0.15) is 11.5 Å².